The summed E-state index contributed by atoms with van der Waals surface area (Å²) in [6, 6.07) is 10.7. The van der Waals surface area contributed by atoms with E-state index in [1.54, 1.807) is 0 Å². The van der Waals surface area contributed by atoms with E-state index < -0.39 is 10.4 Å². The summed E-state index contributed by atoms with van der Waals surface area (Å²) < 4.78 is 33.3. The summed E-state index contributed by atoms with van der Waals surface area (Å²) in [5, 5.41) is 5.08. The molecular formula is C15H25NaO4SSe2. The second-order valence-corrected chi connectivity index (χ2v) is 10.8. The molecule has 0 aliphatic rings. The number of benzene rings is 1. The van der Waals surface area contributed by atoms with Crippen LogP contribution in [0.4, 0.5) is 0 Å². The van der Waals surface area contributed by atoms with E-state index >= 15 is 0 Å². The van der Waals surface area contributed by atoms with E-state index in [0.29, 0.717) is 21.4 Å². The minimum Gasteiger partial charge on any atom is -1.00 e. The van der Waals surface area contributed by atoms with Crippen molar-refractivity contribution < 1.29 is 48.1 Å². The van der Waals surface area contributed by atoms with Crippen LogP contribution in [0.3, 0.4) is 0 Å². The summed E-state index contributed by atoms with van der Waals surface area (Å²) in [5.41, 5.74) is 1.46. The van der Waals surface area contributed by atoms with Crippen molar-refractivity contribution in [1.82, 2.24) is 0 Å². The third kappa shape index (κ3) is 16.4. The molecule has 0 saturated heterocycles. The van der Waals surface area contributed by atoms with Crippen LogP contribution in [0.2, 0.25) is 16.0 Å². The molecule has 0 aliphatic carbocycles. The van der Waals surface area contributed by atoms with Gasteiger partial charge in [-0.1, -0.05) is 0 Å². The Labute approximate surface area is 176 Å². The smallest absolute Gasteiger partial charge is 1.00 e. The molecule has 0 aromatic heterocycles. The Morgan fingerprint density at radius 1 is 0.957 bits per heavy atom. The van der Waals surface area contributed by atoms with Gasteiger partial charge in [-0.05, 0) is 0 Å². The van der Waals surface area contributed by atoms with Crippen LogP contribution in [0.5, 0.6) is 0 Å². The first-order chi connectivity index (χ1) is 10.6. The molecule has 0 atom stereocenters. The molecule has 1 aromatic rings. The standard InChI is InChI=1S/C15H24O4SSe2.Na.H/c16-20(17,18)19-10-4-5-11-21-12-6-7-13-22-14-15-8-2-1-3-9-15;;/h1-3,8-9H,4-7,10-14H2,(H,16,17,18);;/q;+1;-1. The van der Waals surface area contributed by atoms with Gasteiger partial charge in [-0.2, -0.15) is 0 Å². The maximum Gasteiger partial charge on any atom is 1.00 e. The van der Waals surface area contributed by atoms with Crippen LogP contribution in [-0.4, -0.2) is 49.5 Å². The van der Waals surface area contributed by atoms with E-state index in [4.69, 9.17) is 4.55 Å². The second kappa shape index (κ2) is 15.4. The Bertz CT molecular complexity index is 492. The van der Waals surface area contributed by atoms with Gasteiger partial charge in [0.25, 0.3) is 0 Å². The molecule has 4 nitrogen and oxygen atoms in total. The molecule has 0 amide bonds. The number of unbranched alkanes of at least 4 members (excludes halogenated alkanes) is 2. The van der Waals surface area contributed by atoms with Crippen molar-refractivity contribution in [3.05, 3.63) is 35.9 Å². The maximum absolute atomic E-state index is 10.3. The fourth-order valence-electron chi connectivity index (χ4n) is 1.74. The molecule has 1 N–H and O–H groups in total. The van der Waals surface area contributed by atoms with E-state index in [2.05, 4.69) is 34.5 Å². The molecule has 128 valence electrons. The third-order valence-electron chi connectivity index (χ3n) is 2.85. The minimum atomic E-state index is -4.25. The van der Waals surface area contributed by atoms with Gasteiger partial charge in [0.2, 0.25) is 0 Å². The maximum atomic E-state index is 10.3. The van der Waals surface area contributed by atoms with Crippen molar-refractivity contribution in [2.75, 3.05) is 6.61 Å². The van der Waals surface area contributed by atoms with E-state index in [9.17, 15) is 8.42 Å². The first kappa shape index (κ1) is 24.1. The van der Waals surface area contributed by atoms with Crippen molar-refractivity contribution in [1.29, 1.82) is 0 Å². The molecule has 0 spiro atoms. The monoisotopic (exact) mass is 484 g/mol. The first-order valence-corrected chi connectivity index (χ1v) is 13.6. The van der Waals surface area contributed by atoms with E-state index in [1.165, 1.54) is 34.4 Å². The molecule has 0 radical (unpaired) electrons. The Hall–Kier alpha value is 1.13. The van der Waals surface area contributed by atoms with Crippen LogP contribution in [0, 0.1) is 0 Å². The average molecular weight is 482 g/mol. The van der Waals surface area contributed by atoms with Crippen molar-refractivity contribution in [2.24, 2.45) is 0 Å². The van der Waals surface area contributed by atoms with E-state index in [0.717, 1.165) is 26.7 Å². The largest absolute Gasteiger partial charge is 1.00 e. The zero-order chi connectivity index (χ0) is 16.1. The third-order valence-corrected chi connectivity index (χ3v) is 8.08. The van der Waals surface area contributed by atoms with Crippen LogP contribution in [0.15, 0.2) is 30.3 Å². The summed E-state index contributed by atoms with van der Waals surface area (Å²) in [5.74, 6) is 0. The molecule has 0 fully saturated rings. The number of hydrogen-bond acceptors (Lipinski definition) is 3. The average Bonchev–Trinajstić information content (AvgIpc) is 2.48. The Kier molecular flexibility index (Phi) is 16.1. The summed E-state index contributed by atoms with van der Waals surface area (Å²) in [4.78, 5) is 0. The first-order valence-electron chi connectivity index (χ1n) is 7.39. The molecule has 0 saturated carbocycles. The normalized spacial score (nSPS) is 11.2. The quantitative estimate of drug-likeness (QED) is 0.251. The molecule has 1 aromatic carbocycles. The van der Waals surface area contributed by atoms with Crippen LogP contribution in [0.1, 0.15) is 32.7 Å². The second-order valence-electron chi connectivity index (χ2n) is 4.81. The molecule has 23 heavy (non-hydrogen) atoms. The molecule has 1 rings (SSSR count). The molecule has 0 bridgehead atoms. The van der Waals surface area contributed by atoms with Crippen LogP contribution in [-0.2, 0) is 19.9 Å². The molecule has 0 aliphatic heterocycles. The van der Waals surface area contributed by atoms with Gasteiger partial charge in [0.05, 0.1) is 0 Å². The fraction of sp³-hybridized carbons (Fsp3) is 0.600. The zero-order valence-electron chi connectivity index (χ0n) is 14.6. The SMILES string of the molecule is O=S(=O)(O)OCCCC[Se]CCCC[Se]Cc1ccccc1.[H-].[Na+]. The van der Waals surface area contributed by atoms with Crippen molar-refractivity contribution in [3.8, 4) is 0 Å². The number of rotatable bonds is 13. The van der Waals surface area contributed by atoms with Crippen molar-refractivity contribution in [3.63, 3.8) is 0 Å². The van der Waals surface area contributed by atoms with Gasteiger partial charge >= 0.3 is 176 Å². The van der Waals surface area contributed by atoms with Gasteiger partial charge < -0.3 is 1.43 Å². The Balaban J connectivity index is 0. The van der Waals surface area contributed by atoms with Gasteiger partial charge in [0.15, 0.2) is 0 Å². The number of hydrogen-bond donors (Lipinski definition) is 1. The summed E-state index contributed by atoms with van der Waals surface area (Å²) >= 11 is 1.38. The van der Waals surface area contributed by atoms with Gasteiger partial charge in [0.1, 0.15) is 0 Å². The predicted molar refractivity (Wildman–Crippen MR) is 93.2 cm³/mol. The van der Waals surface area contributed by atoms with Crippen LogP contribution >= 0.6 is 0 Å². The van der Waals surface area contributed by atoms with Gasteiger partial charge in [-0.3, -0.25) is 0 Å². The van der Waals surface area contributed by atoms with Crippen LogP contribution < -0.4 is 29.6 Å². The van der Waals surface area contributed by atoms with Gasteiger partial charge in [-0.15, -0.1) is 0 Å². The van der Waals surface area contributed by atoms with E-state index in [1.807, 2.05) is 0 Å². The van der Waals surface area contributed by atoms with Gasteiger partial charge in [-0.25, -0.2) is 0 Å². The van der Waals surface area contributed by atoms with Crippen LogP contribution in [0.25, 0.3) is 0 Å². The summed E-state index contributed by atoms with van der Waals surface area (Å²) in [7, 11) is -4.25. The van der Waals surface area contributed by atoms with Crippen molar-refractivity contribution in [2.45, 2.75) is 47.0 Å². The molecule has 0 unspecified atom stereocenters. The minimum absolute atomic E-state index is 0. The topological polar surface area (TPSA) is 63.6 Å². The summed E-state index contributed by atoms with van der Waals surface area (Å²) in [6.07, 6.45) is 4.33. The molecule has 8 heteroatoms. The fourth-order valence-corrected chi connectivity index (χ4v) is 6.27. The predicted octanol–water partition coefficient (Wildman–Crippen LogP) is 0.346. The van der Waals surface area contributed by atoms with Crippen molar-refractivity contribution >= 4 is 40.3 Å². The summed E-state index contributed by atoms with van der Waals surface area (Å²) in [6.45, 7) is 0.0942. The molecular weight excluding hydrogens is 457 g/mol. The zero-order valence-corrected chi connectivity index (χ0v) is 19.9. The van der Waals surface area contributed by atoms with E-state index in [-0.39, 0.29) is 37.6 Å². The Morgan fingerprint density at radius 2 is 1.52 bits per heavy atom. The Morgan fingerprint density at radius 3 is 2.13 bits per heavy atom. The van der Waals surface area contributed by atoms with Gasteiger partial charge in [0, 0.05) is 0 Å². The molecule has 0 heterocycles.